The van der Waals surface area contributed by atoms with Crippen molar-refractivity contribution in [3.05, 3.63) is 34.9 Å². The number of rotatable bonds is 10. The highest BCUT2D eigenvalue weighted by atomic mass is 35.5. The van der Waals surface area contributed by atoms with Crippen LogP contribution in [0.5, 0.6) is 0 Å². The molecule has 34 heavy (non-hydrogen) atoms. The number of carbonyl (C=O) groups is 3. The number of carboxylic acids is 3. The maximum absolute atomic E-state index is 10.3. The molecule has 3 rings (SSSR count). The Hall–Kier alpha value is -2.64. The van der Waals surface area contributed by atoms with Crippen LogP contribution in [0.1, 0.15) is 37.7 Å². The van der Waals surface area contributed by atoms with Crippen molar-refractivity contribution in [1.82, 2.24) is 9.80 Å². The molecule has 0 amide bonds. The molecule has 2 fully saturated rings. The van der Waals surface area contributed by atoms with E-state index in [0.29, 0.717) is 5.41 Å². The van der Waals surface area contributed by atoms with Crippen LogP contribution in [0.25, 0.3) is 0 Å². The zero-order chi connectivity index (χ0) is 25.4. The molecule has 0 aromatic heterocycles. The molecule has 0 atom stereocenters. The molecule has 9 nitrogen and oxygen atoms in total. The Bertz CT molecular complexity index is 885. The SMILES string of the molecule is C#CCCN1CCN(CC2(c3ccc(Cl)cc3)CC2)CC1.O=C(O)CC(O)(CC(=O)O)C(=O)O. The van der Waals surface area contributed by atoms with Crippen LogP contribution in [0.3, 0.4) is 0 Å². The minimum Gasteiger partial charge on any atom is -0.481 e. The molecule has 186 valence electrons. The average molecular weight is 495 g/mol. The number of halogens is 1. The van der Waals surface area contributed by atoms with E-state index in [-0.39, 0.29) is 0 Å². The number of aliphatic hydroxyl groups is 1. The van der Waals surface area contributed by atoms with Gasteiger partial charge in [0.2, 0.25) is 0 Å². The maximum Gasteiger partial charge on any atom is 0.336 e. The largest absolute Gasteiger partial charge is 0.481 e. The number of piperazine rings is 1. The molecule has 1 saturated carbocycles. The van der Waals surface area contributed by atoms with Gasteiger partial charge in [0.1, 0.15) is 0 Å². The third kappa shape index (κ3) is 8.29. The Balaban J connectivity index is 0.000000273. The van der Waals surface area contributed by atoms with Crippen LogP contribution in [0.2, 0.25) is 5.02 Å². The van der Waals surface area contributed by atoms with Gasteiger partial charge in [-0.3, -0.25) is 19.4 Å². The molecule has 4 N–H and O–H groups in total. The lowest BCUT2D eigenvalue weighted by Gasteiger charge is -2.36. The van der Waals surface area contributed by atoms with Gasteiger partial charge in [0, 0.05) is 56.1 Å². The number of nitrogens with zero attached hydrogens (tertiary/aromatic N) is 2. The third-order valence-electron chi connectivity index (χ3n) is 6.16. The molecule has 0 radical (unpaired) electrons. The van der Waals surface area contributed by atoms with E-state index in [1.54, 1.807) is 0 Å². The molecule has 0 unspecified atom stereocenters. The lowest BCUT2D eigenvalue weighted by molar-refractivity contribution is -0.170. The monoisotopic (exact) mass is 494 g/mol. The number of benzene rings is 1. The minimum absolute atomic E-state index is 0.394. The van der Waals surface area contributed by atoms with Crippen molar-refractivity contribution in [1.29, 1.82) is 0 Å². The van der Waals surface area contributed by atoms with Gasteiger partial charge >= 0.3 is 17.9 Å². The van der Waals surface area contributed by atoms with Crippen molar-refractivity contribution in [2.24, 2.45) is 0 Å². The summed E-state index contributed by atoms with van der Waals surface area (Å²) < 4.78 is 0. The fourth-order valence-electron chi connectivity index (χ4n) is 4.03. The van der Waals surface area contributed by atoms with Crippen molar-refractivity contribution < 1.29 is 34.8 Å². The molecule has 1 aliphatic carbocycles. The van der Waals surface area contributed by atoms with Crippen molar-refractivity contribution in [2.45, 2.75) is 43.1 Å². The van der Waals surface area contributed by atoms with Gasteiger partial charge in [-0.1, -0.05) is 23.7 Å². The molecule has 10 heteroatoms. The summed E-state index contributed by atoms with van der Waals surface area (Å²) in [5, 5.41) is 34.6. The van der Waals surface area contributed by atoms with Gasteiger partial charge in [0.25, 0.3) is 0 Å². The van der Waals surface area contributed by atoms with Gasteiger partial charge in [0.15, 0.2) is 5.60 Å². The van der Waals surface area contributed by atoms with Crippen molar-refractivity contribution >= 4 is 29.5 Å². The quantitative estimate of drug-likeness (QED) is 0.358. The van der Waals surface area contributed by atoms with E-state index in [2.05, 4.69) is 27.9 Å². The number of hydrogen-bond donors (Lipinski definition) is 4. The topological polar surface area (TPSA) is 139 Å². The molecule has 2 aliphatic rings. The second kappa shape index (κ2) is 12.2. The second-order valence-corrected chi connectivity index (χ2v) is 9.27. The summed E-state index contributed by atoms with van der Waals surface area (Å²) in [6.07, 6.45) is 6.55. The highest BCUT2D eigenvalue weighted by Crippen LogP contribution is 2.49. The van der Waals surface area contributed by atoms with Gasteiger partial charge in [-0.15, -0.1) is 12.3 Å². The summed E-state index contributed by atoms with van der Waals surface area (Å²) in [5.74, 6) is -2.28. The van der Waals surface area contributed by atoms with Crippen LogP contribution in [-0.4, -0.2) is 93.0 Å². The first kappa shape index (κ1) is 27.6. The first-order valence-corrected chi connectivity index (χ1v) is 11.4. The molecule has 1 aromatic carbocycles. The van der Waals surface area contributed by atoms with E-state index in [0.717, 1.165) is 31.1 Å². The molecule has 1 heterocycles. The number of terminal acetylenes is 1. The minimum atomic E-state index is -2.74. The normalized spacial score (nSPS) is 17.7. The molecule has 1 aromatic rings. The van der Waals surface area contributed by atoms with E-state index in [1.807, 2.05) is 12.1 Å². The van der Waals surface area contributed by atoms with Crippen LogP contribution in [0, 0.1) is 12.3 Å². The van der Waals surface area contributed by atoms with Gasteiger partial charge < -0.3 is 20.4 Å². The van der Waals surface area contributed by atoms with Crippen LogP contribution >= 0.6 is 11.6 Å². The lowest BCUT2D eigenvalue weighted by Crippen LogP contribution is -2.48. The average Bonchev–Trinajstić information content (AvgIpc) is 3.53. The Morgan fingerprint density at radius 1 is 0.971 bits per heavy atom. The number of carboxylic acid groups (broad SMARTS) is 3. The smallest absolute Gasteiger partial charge is 0.336 e. The highest BCUT2D eigenvalue weighted by molar-refractivity contribution is 6.30. The second-order valence-electron chi connectivity index (χ2n) is 8.84. The number of hydrogen-bond acceptors (Lipinski definition) is 6. The van der Waals surface area contributed by atoms with Gasteiger partial charge in [-0.05, 0) is 30.5 Å². The van der Waals surface area contributed by atoms with E-state index >= 15 is 0 Å². The molecule has 1 saturated heterocycles. The molecular formula is C24H31ClN2O7. The van der Waals surface area contributed by atoms with Gasteiger partial charge in [-0.25, -0.2) is 4.79 Å². The van der Waals surface area contributed by atoms with Crippen molar-refractivity contribution in [2.75, 3.05) is 39.3 Å². The van der Waals surface area contributed by atoms with Crippen LogP contribution < -0.4 is 0 Å². The van der Waals surface area contributed by atoms with Crippen molar-refractivity contribution in [3.8, 4) is 12.3 Å². The summed E-state index contributed by atoms with van der Waals surface area (Å²) in [7, 11) is 0. The third-order valence-corrected chi connectivity index (χ3v) is 6.41. The van der Waals surface area contributed by atoms with E-state index < -0.39 is 36.4 Å². The van der Waals surface area contributed by atoms with Gasteiger partial charge in [0.05, 0.1) is 12.8 Å². The fourth-order valence-corrected chi connectivity index (χ4v) is 4.15. The standard InChI is InChI=1S/C18H23ClN2.C6H8O7/c1-2-3-10-20-11-13-21(14-12-20)15-18(8-9-18)16-4-6-17(19)7-5-16;7-3(8)1-6(13,5(11)12)2-4(9)10/h1,4-7H,3,8-15H2;13H,1-2H2,(H,7,8)(H,9,10)(H,11,12). The van der Waals surface area contributed by atoms with Crippen LogP contribution in [0.15, 0.2) is 24.3 Å². The Labute approximate surface area is 203 Å². The van der Waals surface area contributed by atoms with E-state index in [4.69, 9.17) is 38.5 Å². The zero-order valence-electron chi connectivity index (χ0n) is 19.0. The fraction of sp³-hybridized carbons (Fsp3) is 0.542. The highest BCUT2D eigenvalue weighted by Gasteiger charge is 2.45. The summed E-state index contributed by atoms with van der Waals surface area (Å²) >= 11 is 6.00. The van der Waals surface area contributed by atoms with Gasteiger partial charge in [-0.2, -0.15) is 0 Å². The predicted octanol–water partition coefficient (Wildman–Crippen LogP) is 1.76. The predicted molar refractivity (Wildman–Crippen MR) is 126 cm³/mol. The number of aliphatic carboxylic acids is 3. The molecular weight excluding hydrogens is 464 g/mol. The van der Waals surface area contributed by atoms with Crippen LogP contribution in [-0.2, 0) is 19.8 Å². The first-order chi connectivity index (χ1) is 16.0. The first-order valence-electron chi connectivity index (χ1n) is 11.0. The molecule has 0 spiro atoms. The summed E-state index contributed by atoms with van der Waals surface area (Å²) in [5.41, 5.74) is -0.884. The van der Waals surface area contributed by atoms with E-state index in [1.165, 1.54) is 38.0 Å². The Kier molecular flexibility index (Phi) is 9.89. The Morgan fingerprint density at radius 2 is 1.47 bits per heavy atom. The summed E-state index contributed by atoms with van der Waals surface area (Å²) in [6.45, 7) is 6.88. The summed E-state index contributed by atoms with van der Waals surface area (Å²) in [4.78, 5) is 35.6. The van der Waals surface area contributed by atoms with Crippen molar-refractivity contribution in [3.63, 3.8) is 0 Å². The zero-order valence-corrected chi connectivity index (χ0v) is 19.7. The Morgan fingerprint density at radius 3 is 1.88 bits per heavy atom. The maximum atomic E-state index is 10.3. The summed E-state index contributed by atoms with van der Waals surface area (Å²) in [6, 6.07) is 8.46. The molecule has 1 aliphatic heterocycles. The lowest BCUT2D eigenvalue weighted by atomic mass is 9.95. The van der Waals surface area contributed by atoms with E-state index in [9.17, 15) is 14.4 Å². The van der Waals surface area contributed by atoms with Crippen LogP contribution in [0.4, 0.5) is 0 Å². The molecule has 0 bridgehead atoms.